The zero-order chi connectivity index (χ0) is 13.9. The molecule has 2 saturated heterocycles. The predicted molar refractivity (Wildman–Crippen MR) is 83.3 cm³/mol. The molecular formula is C16H22N2OS. The van der Waals surface area contributed by atoms with Gasteiger partial charge in [-0.3, -0.25) is 4.79 Å². The standard InChI is InChI=1S/C16H22N2OS/c1-20-15-9-3-2-6-12(15)16(19)18-11-5-8-14(18)13-7-4-10-17-13/h2-3,6,9,13-14,17H,4-5,7-8,10-11H2,1H3. The van der Waals surface area contributed by atoms with Gasteiger partial charge in [0, 0.05) is 23.5 Å². The van der Waals surface area contributed by atoms with E-state index in [1.54, 1.807) is 11.8 Å². The lowest BCUT2D eigenvalue weighted by Crippen LogP contribution is -2.46. The van der Waals surface area contributed by atoms with Gasteiger partial charge in [0.2, 0.25) is 0 Å². The molecule has 3 nitrogen and oxygen atoms in total. The van der Waals surface area contributed by atoms with Gasteiger partial charge >= 0.3 is 0 Å². The smallest absolute Gasteiger partial charge is 0.255 e. The quantitative estimate of drug-likeness (QED) is 0.869. The lowest BCUT2D eigenvalue weighted by molar-refractivity contribution is 0.0708. The van der Waals surface area contributed by atoms with Crippen molar-refractivity contribution in [3.05, 3.63) is 29.8 Å². The molecule has 2 fully saturated rings. The van der Waals surface area contributed by atoms with E-state index in [0.717, 1.165) is 36.4 Å². The first kappa shape index (κ1) is 14.0. The van der Waals surface area contributed by atoms with E-state index in [0.29, 0.717) is 12.1 Å². The van der Waals surface area contributed by atoms with Gasteiger partial charge in [-0.15, -0.1) is 11.8 Å². The topological polar surface area (TPSA) is 32.3 Å². The number of carbonyl (C=O) groups excluding carboxylic acids is 1. The molecule has 0 bridgehead atoms. The van der Waals surface area contributed by atoms with Crippen LogP contribution in [-0.2, 0) is 0 Å². The summed E-state index contributed by atoms with van der Waals surface area (Å²) in [6.07, 6.45) is 6.76. The Morgan fingerprint density at radius 3 is 2.90 bits per heavy atom. The molecule has 2 unspecified atom stereocenters. The molecule has 1 N–H and O–H groups in total. The Morgan fingerprint density at radius 1 is 1.30 bits per heavy atom. The third-order valence-corrected chi connectivity index (χ3v) is 5.26. The van der Waals surface area contributed by atoms with Gasteiger partial charge in [0.15, 0.2) is 0 Å². The van der Waals surface area contributed by atoms with Crippen LogP contribution in [0.1, 0.15) is 36.0 Å². The molecule has 1 amide bonds. The van der Waals surface area contributed by atoms with Gasteiger partial charge in [-0.2, -0.15) is 0 Å². The summed E-state index contributed by atoms with van der Waals surface area (Å²) in [5.41, 5.74) is 0.866. The van der Waals surface area contributed by atoms with Crippen molar-refractivity contribution in [3.8, 4) is 0 Å². The van der Waals surface area contributed by atoms with Gasteiger partial charge < -0.3 is 10.2 Å². The second kappa shape index (κ2) is 6.19. The summed E-state index contributed by atoms with van der Waals surface area (Å²) in [5, 5.41) is 3.56. The van der Waals surface area contributed by atoms with Crippen LogP contribution in [0.2, 0.25) is 0 Å². The number of nitrogens with one attached hydrogen (secondary N) is 1. The van der Waals surface area contributed by atoms with Crippen LogP contribution >= 0.6 is 11.8 Å². The molecular weight excluding hydrogens is 268 g/mol. The molecule has 2 aliphatic heterocycles. The Hall–Kier alpha value is -1.00. The molecule has 2 atom stereocenters. The van der Waals surface area contributed by atoms with Crippen LogP contribution in [0.4, 0.5) is 0 Å². The fourth-order valence-electron chi connectivity index (χ4n) is 3.48. The lowest BCUT2D eigenvalue weighted by atomic mass is 10.0. The minimum Gasteiger partial charge on any atom is -0.334 e. The van der Waals surface area contributed by atoms with Crippen LogP contribution < -0.4 is 5.32 Å². The molecule has 108 valence electrons. The van der Waals surface area contributed by atoms with Crippen LogP contribution in [0.15, 0.2) is 29.2 Å². The van der Waals surface area contributed by atoms with E-state index < -0.39 is 0 Å². The SMILES string of the molecule is CSc1ccccc1C(=O)N1CCCC1C1CCCN1. The van der Waals surface area contributed by atoms with Crippen molar-refractivity contribution in [3.63, 3.8) is 0 Å². The second-order valence-corrected chi connectivity index (χ2v) is 6.46. The van der Waals surface area contributed by atoms with E-state index in [4.69, 9.17) is 0 Å². The number of carbonyl (C=O) groups is 1. The highest BCUT2D eigenvalue weighted by Gasteiger charge is 2.36. The van der Waals surface area contributed by atoms with E-state index in [9.17, 15) is 4.79 Å². The molecule has 3 rings (SSSR count). The minimum atomic E-state index is 0.214. The first-order valence-electron chi connectivity index (χ1n) is 7.48. The molecule has 0 spiro atoms. The van der Waals surface area contributed by atoms with Gasteiger partial charge in [0.05, 0.1) is 5.56 Å². The Kier molecular flexibility index (Phi) is 4.32. The summed E-state index contributed by atoms with van der Waals surface area (Å²) < 4.78 is 0. The first-order chi connectivity index (χ1) is 9.81. The van der Waals surface area contributed by atoms with Gasteiger partial charge in [-0.1, -0.05) is 12.1 Å². The Bertz CT molecular complexity index is 485. The predicted octanol–water partition coefficient (Wildman–Crippen LogP) is 2.77. The van der Waals surface area contributed by atoms with Crippen molar-refractivity contribution in [2.24, 2.45) is 0 Å². The third-order valence-electron chi connectivity index (χ3n) is 4.46. The van der Waals surface area contributed by atoms with Crippen molar-refractivity contribution >= 4 is 17.7 Å². The van der Waals surface area contributed by atoms with Crippen LogP contribution in [0, 0.1) is 0 Å². The first-order valence-corrected chi connectivity index (χ1v) is 8.71. The summed E-state index contributed by atoms with van der Waals surface area (Å²) in [6.45, 7) is 2.01. The highest BCUT2D eigenvalue weighted by molar-refractivity contribution is 7.98. The van der Waals surface area contributed by atoms with E-state index >= 15 is 0 Å². The molecule has 1 aromatic rings. The Morgan fingerprint density at radius 2 is 2.15 bits per heavy atom. The Labute approximate surface area is 125 Å². The maximum Gasteiger partial charge on any atom is 0.255 e. The average Bonchev–Trinajstić information content (AvgIpc) is 3.16. The highest BCUT2D eigenvalue weighted by Crippen LogP contribution is 2.29. The zero-order valence-corrected chi connectivity index (χ0v) is 12.8. The summed E-state index contributed by atoms with van der Waals surface area (Å²) in [6, 6.07) is 8.86. The number of benzene rings is 1. The fraction of sp³-hybridized carbons (Fsp3) is 0.562. The lowest BCUT2D eigenvalue weighted by Gasteiger charge is -2.30. The number of hydrogen-bond donors (Lipinski definition) is 1. The fourth-order valence-corrected chi connectivity index (χ4v) is 4.07. The van der Waals surface area contributed by atoms with Crippen molar-refractivity contribution < 1.29 is 4.79 Å². The number of amides is 1. The van der Waals surface area contributed by atoms with Crippen molar-refractivity contribution in [2.45, 2.75) is 42.7 Å². The number of hydrogen-bond acceptors (Lipinski definition) is 3. The van der Waals surface area contributed by atoms with Gasteiger partial charge in [-0.05, 0) is 50.6 Å². The van der Waals surface area contributed by atoms with E-state index in [2.05, 4.69) is 10.2 Å². The van der Waals surface area contributed by atoms with Gasteiger partial charge in [0.25, 0.3) is 5.91 Å². The van der Waals surface area contributed by atoms with E-state index in [1.807, 2.05) is 30.5 Å². The summed E-state index contributed by atoms with van der Waals surface area (Å²) >= 11 is 1.65. The third kappa shape index (κ3) is 2.59. The summed E-state index contributed by atoms with van der Waals surface area (Å²) in [5.74, 6) is 0.214. The molecule has 0 radical (unpaired) electrons. The highest BCUT2D eigenvalue weighted by atomic mass is 32.2. The molecule has 0 aromatic heterocycles. The van der Waals surface area contributed by atoms with Crippen LogP contribution in [0.5, 0.6) is 0 Å². The zero-order valence-electron chi connectivity index (χ0n) is 12.0. The second-order valence-electron chi connectivity index (χ2n) is 5.61. The summed E-state index contributed by atoms with van der Waals surface area (Å²) in [4.78, 5) is 16.1. The van der Waals surface area contributed by atoms with E-state index in [1.165, 1.54) is 12.8 Å². The summed E-state index contributed by atoms with van der Waals surface area (Å²) in [7, 11) is 0. The number of nitrogens with zero attached hydrogens (tertiary/aromatic N) is 1. The Balaban J connectivity index is 1.81. The van der Waals surface area contributed by atoms with Crippen LogP contribution in [0.3, 0.4) is 0 Å². The van der Waals surface area contributed by atoms with Crippen LogP contribution in [-0.4, -0.2) is 42.2 Å². The van der Waals surface area contributed by atoms with E-state index in [-0.39, 0.29) is 5.91 Å². The molecule has 2 heterocycles. The molecule has 0 aliphatic carbocycles. The maximum atomic E-state index is 12.9. The maximum absolute atomic E-state index is 12.9. The van der Waals surface area contributed by atoms with Crippen molar-refractivity contribution in [2.75, 3.05) is 19.3 Å². The monoisotopic (exact) mass is 290 g/mol. The number of thioether (sulfide) groups is 1. The largest absolute Gasteiger partial charge is 0.334 e. The number of likely N-dealkylation sites (tertiary alicyclic amines) is 1. The number of rotatable bonds is 3. The molecule has 1 aromatic carbocycles. The van der Waals surface area contributed by atoms with Crippen molar-refractivity contribution in [1.29, 1.82) is 0 Å². The van der Waals surface area contributed by atoms with Gasteiger partial charge in [-0.25, -0.2) is 0 Å². The normalized spacial score (nSPS) is 26.1. The van der Waals surface area contributed by atoms with Crippen molar-refractivity contribution in [1.82, 2.24) is 10.2 Å². The molecule has 0 saturated carbocycles. The molecule has 2 aliphatic rings. The molecule has 20 heavy (non-hydrogen) atoms. The van der Waals surface area contributed by atoms with Crippen LogP contribution in [0.25, 0.3) is 0 Å². The molecule has 4 heteroatoms. The minimum absolute atomic E-state index is 0.214. The van der Waals surface area contributed by atoms with Gasteiger partial charge in [0.1, 0.15) is 0 Å². The average molecular weight is 290 g/mol.